The first-order valence-electron chi connectivity index (χ1n) is 8.74. The third-order valence-corrected chi connectivity index (χ3v) is 59.1. The number of benzene rings is 2. The Labute approximate surface area is 173 Å². The van der Waals surface area contributed by atoms with Crippen LogP contribution >= 0.6 is 40.2 Å². The Kier molecular flexibility index (Phi) is 4.96. The zero-order valence-electron chi connectivity index (χ0n) is 14.5. The molecule has 135 valence electrons. The number of halogens is 4. The summed E-state index contributed by atoms with van der Waals surface area (Å²) >= 11 is 9.07. The van der Waals surface area contributed by atoms with Gasteiger partial charge in [0.15, 0.2) is 0 Å². The summed E-state index contributed by atoms with van der Waals surface area (Å²) < 4.78 is -0.190. The van der Waals surface area contributed by atoms with Crippen molar-refractivity contribution in [3.63, 3.8) is 0 Å². The second kappa shape index (κ2) is 6.61. The van der Waals surface area contributed by atoms with Crippen LogP contribution in [0.5, 0.6) is 0 Å². The van der Waals surface area contributed by atoms with Gasteiger partial charge in [-0.25, -0.2) is 0 Å². The van der Waals surface area contributed by atoms with Crippen molar-refractivity contribution in [2.24, 2.45) is 0 Å². The van der Waals surface area contributed by atoms with Gasteiger partial charge in [0, 0.05) is 0 Å². The molecule has 0 N–H and O–H groups in total. The summed E-state index contributed by atoms with van der Waals surface area (Å²) in [7, 11) is 15.5. The summed E-state index contributed by atoms with van der Waals surface area (Å²) in [6.07, 6.45) is 4.07. The van der Waals surface area contributed by atoms with Gasteiger partial charge in [-0.05, 0) is 0 Å². The molecule has 0 aliphatic heterocycles. The molecule has 2 unspecified atom stereocenters. The Balaban J connectivity index is 1.99. The molecular formula is C20H19Cl4SiZr. The summed E-state index contributed by atoms with van der Waals surface area (Å²) in [6, 6.07) is 16.6. The number of allylic oxidation sites excluding steroid dienone is 2. The van der Waals surface area contributed by atoms with Crippen molar-refractivity contribution in [1.29, 1.82) is 0 Å². The van der Waals surface area contributed by atoms with Gasteiger partial charge in [0.25, 0.3) is 0 Å². The summed E-state index contributed by atoms with van der Waals surface area (Å²) in [5.41, 5.74) is 4.60. The zero-order chi connectivity index (χ0) is 18.7. The maximum absolute atomic E-state index is 7.77. The van der Waals surface area contributed by atoms with Crippen LogP contribution in [0.3, 0.4) is 0 Å². The Hall–Kier alpha value is 0.180. The van der Waals surface area contributed by atoms with E-state index < -0.39 is 21.5 Å². The van der Waals surface area contributed by atoms with E-state index in [1.54, 1.807) is 0 Å². The molecule has 0 heterocycles. The van der Waals surface area contributed by atoms with Crippen LogP contribution in [0.1, 0.15) is 29.5 Å². The minimum atomic E-state index is -4.56. The van der Waals surface area contributed by atoms with Crippen molar-refractivity contribution in [3.8, 4) is 0 Å². The molecule has 0 radical (unpaired) electrons. The topological polar surface area (TPSA) is 0 Å². The van der Waals surface area contributed by atoms with Gasteiger partial charge in [0.1, 0.15) is 0 Å². The van der Waals surface area contributed by atoms with Crippen molar-refractivity contribution in [2.75, 3.05) is 0 Å². The molecule has 2 atom stereocenters. The van der Waals surface area contributed by atoms with Gasteiger partial charge in [-0.3, -0.25) is 0 Å². The van der Waals surface area contributed by atoms with Crippen molar-refractivity contribution >= 4 is 58.3 Å². The molecule has 0 nitrogen and oxygen atoms in total. The molecule has 4 rings (SSSR count). The van der Waals surface area contributed by atoms with Crippen LogP contribution in [-0.2, 0) is 15.6 Å². The molecule has 6 heteroatoms. The van der Waals surface area contributed by atoms with E-state index in [4.69, 9.17) is 40.2 Å². The van der Waals surface area contributed by atoms with Gasteiger partial charge in [0.2, 0.25) is 0 Å². The van der Waals surface area contributed by atoms with E-state index in [9.17, 15) is 0 Å². The minimum absolute atomic E-state index is 0.0948. The predicted molar refractivity (Wildman–Crippen MR) is 117 cm³/mol. The molecular weight excluding hydrogens is 501 g/mol. The normalized spacial score (nSPS) is 23.1. The van der Waals surface area contributed by atoms with E-state index in [2.05, 4.69) is 37.4 Å². The summed E-state index contributed by atoms with van der Waals surface area (Å²) in [4.78, 5) is 0. The van der Waals surface area contributed by atoms with Crippen LogP contribution in [0.2, 0.25) is 13.1 Å². The quantitative estimate of drug-likeness (QED) is 0.365. The molecule has 2 aromatic carbocycles. The van der Waals surface area contributed by atoms with Crippen molar-refractivity contribution in [3.05, 3.63) is 80.8 Å². The molecule has 0 spiro atoms. The maximum atomic E-state index is 7.77. The van der Waals surface area contributed by atoms with E-state index in [0.717, 1.165) is 21.2 Å². The zero-order valence-corrected chi connectivity index (χ0v) is 21.2. The summed E-state index contributed by atoms with van der Waals surface area (Å²) in [5.74, 6) is -1.53. The number of fused-ring (bicyclic) bond motifs is 2. The second-order valence-corrected chi connectivity index (χ2v) is 50.9. The molecule has 2 aliphatic carbocycles. The van der Waals surface area contributed by atoms with Gasteiger partial charge >= 0.3 is 175 Å². The van der Waals surface area contributed by atoms with Crippen LogP contribution in [0.4, 0.5) is 0 Å². The molecule has 0 saturated carbocycles. The van der Waals surface area contributed by atoms with E-state index in [1.165, 1.54) is 11.1 Å². The monoisotopic (exact) mass is 517 g/mol. The molecule has 2 aliphatic rings. The Morgan fingerprint density at radius 2 is 1.12 bits per heavy atom. The third kappa shape index (κ3) is 2.64. The Bertz CT molecular complexity index is 892. The first-order chi connectivity index (χ1) is 12.2. The fraction of sp³-hybridized carbons (Fsp3) is 0.200. The van der Waals surface area contributed by atoms with Crippen LogP contribution in [0.15, 0.2) is 58.6 Å². The summed E-state index contributed by atoms with van der Waals surface area (Å²) in [6.45, 7) is 4.53. The van der Waals surface area contributed by atoms with Crippen LogP contribution in [-0.4, -0.2) is 5.92 Å². The molecule has 2 aromatic rings. The van der Waals surface area contributed by atoms with Crippen LogP contribution in [0, 0.1) is 0 Å². The predicted octanol–water partition coefficient (Wildman–Crippen LogP) is 7.64. The SMILES string of the molecule is C[SiH](C)[Zr]([Cl])([Cl])([CH]1C(Cl)=Cc2ccccc21)[CH]1C(Cl)=Cc2ccccc21. The van der Waals surface area contributed by atoms with Gasteiger partial charge in [-0.2, -0.15) is 0 Å². The number of rotatable bonds is 3. The van der Waals surface area contributed by atoms with E-state index in [1.807, 2.05) is 36.4 Å². The Morgan fingerprint density at radius 3 is 1.50 bits per heavy atom. The van der Waals surface area contributed by atoms with Crippen LogP contribution in [0.25, 0.3) is 12.2 Å². The van der Waals surface area contributed by atoms with Gasteiger partial charge in [0.05, 0.1) is 0 Å². The number of hydrogen-bond donors (Lipinski definition) is 0. The van der Waals surface area contributed by atoms with E-state index >= 15 is 0 Å². The van der Waals surface area contributed by atoms with Crippen molar-refractivity contribution in [1.82, 2.24) is 0 Å². The van der Waals surface area contributed by atoms with E-state index in [0.29, 0.717) is 0 Å². The standard InChI is InChI=1S/2C9H6Cl.C2H7Si.2ClH.Zr/c2*10-9-5-7-3-1-2-4-8(7)6-9;1-3-2;;;/h2*1-6H;3H,1-2H3;2*1H;/q;;;;;+2/p-2. The van der Waals surface area contributed by atoms with Gasteiger partial charge < -0.3 is 0 Å². The molecule has 0 aromatic heterocycles. The third-order valence-electron chi connectivity index (χ3n) is 5.96. The van der Waals surface area contributed by atoms with Crippen molar-refractivity contribution in [2.45, 2.75) is 20.3 Å². The molecule has 0 saturated heterocycles. The van der Waals surface area contributed by atoms with Crippen LogP contribution < -0.4 is 0 Å². The Morgan fingerprint density at radius 1 is 0.731 bits per heavy atom. The first-order valence-corrected chi connectivity index (χ1v) is 25.8. The average Bonchev–Trinajstić information content (AvgIpc) is 3.10. The van der Waals surface area contributed by atoms with Gasteiger partial charge in [-0.1, -0.05) is 0 Å². The van der Waals surface area contributed by atoms with Gasteiger partial charge in [-0.15, -0.1) is 0 Å². The van der Waals surface area contributed by atoms with Crippen molar-refractivity contribution < 1.29 is 15.6 Å². The fourth-order valence-electron chi connectivity index (χ4n) is 4.53. The summed E-state index contributed by atoms with van der Waals surface area (Å²) in [5, 5.41) is 1.55. The fourth-order valence-corrected chi connectivity index (χ4v) is 39.4. The number of hydrogen-bond acceptors (Lipinski definition) is 0. The second-order valence-electron chi connectivity index (χ2n) is 7.56. The molecule has 0 amide bonds. The average molecular weight is 520 g/mol. The van der Waals surface area contributed by atoms with E-state index in [-0.39, 0.29) is 7.25 Å². The molecule has 0 bridgehead atoms. The first kappa shape index (κ1) is 19.5. The molecule has 26 heavy (non-hydrogen) atoms. The molecule has 0 fully saturated rings.